The third kappa shape index (κ3) is 1.49. The van der Waals surface area contributed by atoms with Gasteiger partial charge in [0.1, 0.15) is 6.54 Å². The highest BCUT2D eigenvalue weighted by Crippen LogP contribution is 2.08. The van der Waals surface area contributed by atoms with Gasteiger partial charge in [-0.1, -0.05) is 0 Å². The molecule has 0 aromatic carbocycles. The number of piperazine rings is 1. The van der Waals surface area contributed by atoms with Gasteiger partial charge in [-0.15, -0.1) is 0 Å². The lowest BCUT2D eigenvalue weighted by Crippen LogP contribution is -2.55. The first-order valence-electron chi connectivity index (χ1n) is 3.76. The van der Waals surface area contributed by atoms with Gasteiger partial charge in [0.05, 0.1) is 6.04 Å². The zero-order valence-corrected chi connectivity index (χ0v) is 7.15. The molecule has 1 aliphatic rings. The van der Waals surface area contributed by atoms with E-state index >= 15 is 0 Å². The first-order valence-corrected chi connectivity index (χ1v) is 3.76. The molecule has 1 saturated heterocycles. The van der Waals surface area contributed by atoms with Gasteiger partial charge in [0.2, 0.25) is 5.91 Å². The molecule has 0 bridgehead atoms. The highest BCUT2D eigenvalue weighted by molar-refractivity contribution is 5.83. The Hall–Kier alpha value is -1.26. The van der Waals surface area contributed by atoms with Gasteiger partial charge < -0.3 is 10.0 Å². The van der Waals surface area contributed by atoms with E-state index in [4.69, 9.17) is 5.11 Å². The lowest BCUT2D eigenvalue weighted by molar-refractivity contribution is -0.135. The van der Waals surface area contributed by atoms with Crippen LogP contribution in [-0.2, 0) is 4.79 Å². The van der Waals surface area contributed by atoms with Crippen molar-refractivity contribution in [2.45, 2.75) is 13.0 Å². The number of hydrogen-bond acceptors (Lipinski definition) is 2. The van der Waals surface area contributed by atoms with Crippen LogP contribution in [0, 0.1) is 0 Å². The van der Waals surface area contributed by atoms with E-state index in [1.165, 1.54) is 0 Å². The minimum atomic E-state index is -1.02. The van der Waals surface area contributed by atoms with Gasteiger partial charge >= 0.3 is 6.09 Å². The van der Waals surface area contributed by atoms with Crippen molar-refractivity contribution in [2.75, 3.05) is 20.1 Å². The molecule has 1 N–H and O–H groups in total. The molecule has 1 rings (SSSR count). The molecule has 0 saturated carbocycles. The number of hydrogen-bond donors (Lipinski definition) is 1. The zero-order chi connectivity index (χ0) is 9.30. The van der Waals surface area contributed by atoms with Crippen molar-refractivity contribution in [1.29, 1.82) is 0 Å². The van der Waals surface area contributed by atoms with Crippen molar-refractivity contribution in [1.82, 2.24) is 9.80 Å². The Morgan fingerprint density at radius 1 is 1.67 bits per heavy atom. The lowest BCUT2D eigenvalue weighted by Gasteiger charge is -2.35. The van der Waals surface area contributed by atoms with E-state index in [-0.39, 0.29) is 18.5 Å². The van der Waals surface area contributed by atoms with Crippen LogP contribution in [0.2, 0.25) is 0 Å². The number of carboxylic acid groups (broad SMARTS) is 1. The molecule has 12 heavy (non-hydrogen) atoms. The average Bonchev–Trinajstić information content (AvgIpc) is 1.96. The summed E-state index contributed by atoms with van der Waals surface area (Å²) < 4.78 is 0. The largest absolute Gasteiger partial charge is 0.465 e. The summed E-state index contributed by atoms with van der Waals surface area (Å²) in [7, 11) is 1.68. The summed E-state index contributed by atoms with van der Waals surface area (Å²) in [5.74, 6) is -0.143. The van der Waals surface area contributed by atoms with Crippen LogP contribution in [0.1, 0.15) is 6.92 Å². The molecular weight excluding hydrogens is 160 g/mol. The molecule has 1 heterocycles. The van der Waals surface area contributed by atoms with E-state index in [9.17, 15) is 9.59 Å². The fourth-order valence-electron chi connectivity index (χ4n) is 1.28. The van der Waals surface area contributed by atoms with Crippen LogP contribution in [-0.4, -0.2) is 53.1 Å². The number of carbonyl (C=O) groups excluding carboxylic acids is 1. The van der Waals surface area contributed by atoms with Crippen molar-refractivity contribution < 1.29 is 14.7 Å². The second-order valence-corrected chi connectivity index (χ2v) is 3.03. The van der Waals surface area contributed by atoms with Crippen LogP contribution in [0.3, 0.4) is 0 Å². The quantitative estimate of drug-likeness (QED) is 0.551. The molecule has 0 spiro atoms. The second-order valence-electron chi connectivity index (χ2n) is 3.03. The molecule has 1 aliphatic heterocycles. The summed E-state index contributed by atoms with van der Waals surface area (Å²) in [4.78, 5) is 24.3. The molecule has 1 fully saturated rings. The maximum Gasteiger partial charge on any atom is 0.408 e. The first kappa shape index (κ1) is 8.83. The molecule has 2 amide bonds. The van der Waals surface area contributed by atoms with Crippen molar-refractivity contribution in [2.24, 2.45) is 0 Å². The van der Waals surface area contributed by atoms with Crippen LogP contribution < -0.4 is 0 Å². The Labute approximate surface area is 70.6 Å². The van der Waals surface area contributed by atoms with Gasteiger partial charge in [0.25, 0.3) is 0 Å². The summed E-state index contributed by atoms with van der Waals surface area (Å²) in [5.41, 5.74) is 0. The van der Waals surface area contributed by atoms with Crippen LogP contribution >= 0.6 is 0 Å². The first-order chi connectivity index (χ1) is 5.52. The maximum atomic E-state index is 11.1. The van der Waals surface area contributed by atoms with Crippen molar-refractivity contribution in [3.63, 3.8) is 0 Å². The Balaban J connectivity index is 2.68. The van der Waals surface area contributed by atoms with Gasteiger partial charge in [-0.2, -0.15) is 0 Å². The predicted molar refractivity (Wildman–Crippen MR) is 41.8 cm³/mol. The molecule has 1 atom stereocenters. The molecule has 5 nitrogen and oxygen atoms in total. The van der Waals surface area contributed by atoms with E-state index in [0.717, 1.165) is 4.90 Å². The molecule has 0 radical (unpaired) electrons. The van der Waals surface area contributed by atoms with E-state index in [1.54, 1.807) is 18.9 Å². The van der Waals surface area contributed by atoms with Gasteiger partial charge in [-0.05, 0) is 6.92 Å². The van der Waals surface area contributed by atoms with Gasteiger partial charge in [0, 0.05) is 13.6 Å². The van der Waals surface area contributed by atoms with E-state index in [1.807, 2.05) is 0 Å². The molecule has 5 heteroatoms. The van der Waals surface area contributed by atoms with E-state index in [0.29, 0.717) is 6.54 Å². The van der Waals surface area contributed by atoms with Crippen LogP contribution in [0.5, 0.6) is 0 Å². The topological polar surface area (TPSA) is 60.9 Å². The summed E-state index contributed by atoms with van der Waals surface area (Å²) in [5, 5.41) is 8.67. The smallest absolute Gasteiger partial charge is 0.408 e. The number of likely N-dealkylation sites (N-methyl/N-ethyl adjacent to an activating group) is 1. The highest BCUT2D eigenvalue weighted by Gasteiger charge is 2.30. The third-order valence-corrected chi connectivity index (χ3v) is 2.05. The molecule has 0 aromatic rings. The van der Waals surface area contributed by atoms with Crippen LogP contribution in [0.4, 0.5) is 4.79 Å². The Bertz CT molecular complexity index is 217. The number of amides is 2. The fourth-order valence-corrected chi connectivity index (χ4v) is 1.28. The summed E-state index contributed by atoms with van der Waals surface area (Å²) >= 11 is 0. The van der Waals surface area contributed by atoms with E-state index in [2.05, 4.69) is 0 Å². The lowest BCUT2D eigenvalue weighted by atomic mass is 10.2. The monoisotopic (exact) mass is 172 g/mol. The summed E-state index contributed by atoms with van der Waals surface area (Å²) in [6.45, 7) is 2.25. The zero-order valence-electron chi connectivity index (χ0n) is 7.15. The molecule has 0 aliphatic carbocycles. The summed E-state index contributed by atoms with van der Waals surface area (Å²) in [6, 6.07) is -0.106. The minimum absolute atomic E-state index is 0.0208. The van der Waals surface area contributed by atoms with Crippen molar-refractivity contribution >= 4 is 12.0 Å². The predicted octanol–water partition coefficient (Wildman–Crippen LogP) is -0.173. The average molecular weight is 172 g/mol. The SMILES string of the molecule is C[C@@H]1CN(C)C(=O)CN1C(=O)O. The Morgan fingerprint density at radius 2 is 2.25 bits per heavy atom. The number of carbonyl (C=O) groups is 2. The summed E-state index contributed by atoms with van der Waals surface area (Å²) in [6.07, 6.45) is -1.02. The minimum Gasteiger partial charge on any atom is -0.465 e. The molecule has 68 valence electrons. The van der Waals surface area contributed by atoms with Gasteiger partial charge in [0.15, 0.2) is 0 Å². The fraction of sp³-hybridized carbons (Fsp3) is 0.714. The highest BCUT2D eigenvalue weighted by atomic mass is 16.4. The van der Waals surface area contributed by atoms with Crippen LogP contribution in [0.15, 0.2) is 0 Å². The Morgan fingerprint density at radius 3 is 2.75 bits per heavy atom. The molecule has 0 aromatic heterocycles. The van der Waals surface area contributed by atoms with Crippen LogP contribution in [0.25, 0.3) is 0 Å². The van der Waals surface area contributed by atoms with E-state index < -0.39 is 6.09 Å². The van der Waals surface area contributed by atoms with Crippen molar-refractivity contribution in [3.05, 3.63) is 0 Å². The number of nitrogens with zero attached hydrogens (tertiary/aromatic N) is 2. The Kier molecular flexibility index (Phi) is 2.21. The molecule has 0 unspecified atom stereocenters. The third-order valence-electron chi connectivity index (χ3n) is 2.05. The van der Waals surface area contributed by atoms with Gasteiger partial charge in [-0.3, -0.25) is 9.69 Å². The van der Waals surface area contributed by atoms with Crippen molar-refractivity contribution in [3.8, 4) is 0 Å². The normalized spacial score (nSPS) is 24.5. The number of rotatable bonds is 0. The van der Waals surface area contributed by atoms with Gasteiger partial charge in [-0.25, -0.2) is 4.79 Å². The maximum absolute atomic E-state index is 11.1. The standard InChI is InChI=1S/C7H12N2O3/c1-5-3-8(2)6(10)4-9(5)7(11)12/h5H,3-4H2,1-2H3,(H,11,12)/t5-/m1/s1. The second kappa shape index (κ2) is 3.00. The molecular formula is C7H12N2O3.